The van der Waals surface area contributed by atoms with Gasteiger partial charge in [-0.2, -0.15) is 0 Å². The highest BCUT2D eigenvalue weighted by molar-refractivity contribution is 5.69. The number of aliphatic hydroxyl groups is 1. The molecular weight excluding hydrogens is 634 g/mol. The van der Waals surface area contributed by atoms with Crippen LogP contribution in [0.4, 0.5) is 0 Å². The minimum Gasteiger partial charge on any atom is -0.466 e. The molecule has 0 aromatic heterocycles. The summed E-state index contributed by atoms with van der Waals surface area (Å²) in [6.07, 6.45) is 38.2. The number of aliphatic hydroxyl groups excluding tert-OH is 1. The summed E-state index contributed by atoms with van der Waals surface area (Å²) in [5.41, 5.74) is 0. The van der Waals surface area contributed by atoms with E-state index in [4.69, 9.17) is 9.47 Å². The SMILES string of the molecule is CCCCCCCCCOC(=O)CCCCCCCN(CCCCCCCC(=O)OC(CCCCCCCC)CCCCCCCC)C(C)CO. The Hall–Kier alpha value is -1.14. The number of carbonyl (C=O) groups is 2. The third-order valence-corrected chi connectivity index (χ3v) is 10.6. The number of nitrogens with zero attached hydrogens (tertiary/aromatic N) is 1. The van der Waals surface area contributed by atoms with Crippen molar-refractivity contribution in [2.75, 3.05) is 26.3 Å². The highest BCUT2D eigenvalue weighted by atomic mass is 16.5. The van der Waals surface area contributed by atoms with Crippen LogP contribution in [0.5, 0.6) is 0 Å². The van der Waals surface area contributed by atoms with Crippen molar-refractivity contribution < 1.29 is 24.2 Å². The van der Waals surface area contributed by atoms with Crippen LogP contribution >= 0.6 is 0 Å². The molecule has 0 aromatic carbocycles. The second kappa shape index (κ2) is 40.1. The van der Waals surface area contributed by atoms with Crippen LogP contribution in [-0.2, 0) is 19.1 Å². The minimum absolute atomic E-state index is 0.0126. The van der Waals surface area contributed by atoms with E-state index in [1.54, 1.807) is 0 Å². The maximum atomic E-state index is 12.7. The Kier molecular flexibility index (Phi) is 39.2. The summed E-state index contributed by atoms with van der Waals surface area (Å²) in [5.74, 6) is -0.0197. The minimum atomic E-state index is -0.0323. The summed E-state index contributed by atoms with van der Waals surface area (Å²) in [7, 11) is 0. The second-order valence-electron chi connectivity index (χ2n) is 15.7. The zero-order valence-electron chi connectivity index (χ0n) is 34.8. The van der Waals surface area contributed by atoms with Gasteiger partial charge in [0.1, 0.15) is 6.10 Å². The Labute approximate surface area is 318 Å². The highest BCUT2D eigenvalue weighted by Gasteiger charge is 2.15. The van der Waals surface area contributed by atoms with Crippen LogP contribution < -0.4 is 0 Å². The van der Waals surface area contributed by atoms with Crippen molar-refractivity contribution in [3.05, 3.63) is 0 Å². The maximum Gasteiger partial charge on any atom is 0.306 e. The molecule has 0 spiro atoms. The molecule has 0 aliphatic rings. The van der Waals surface area contributed by atoms with Gasteiger partial charge in [0, 0.05) is 18.9 Å². The molecule has 0 bridgehead atoms. The number of ether oxygens (including phenoxy) is 2. The molecule has 0 amide bonds. The summed E-state index contributed by atoms with van der Waals surface area (Å²) in [4.78, 5) is 27.2. The Balaban J connectivity index is 4.05. The van der Waals surface area contributed by atoms with Gasteiger partial charge in [0.25, 0.3) is 0 Å². The summed E-state index contributed by atoms with van der Waals surface area (Å²) >= 11 is 0. The molecule has 0 rings (SSSR count). The molecule has 0 saturated carbocycles. The number of unbranched alkanes of at least 4 members (excludes halogenated alkanes) is 24. The first-order valence-corrected chi connectivity index (χ1v) is 22.7. The van der Waals surface area contributed by atoms with E-state index in [9.17, 15) is 14.7 Å². The first-order chi connectivity index (χ1) is 25.0. The number of hydrogen-bond donors (Lipinski definition) is 1. The number of hydrogen-bond acceptors (Lipinski definition) is 6. The fraction of sp³-hybridized carbons (Fsp3) is 0.956. The quantitative estimate of drug-likeness (QED) is 0.0500. The van der Waals surface area contributed by atoms with Crippen LogP contribution in [0.2, 0.25) is 0 Å². The van der Waals surface area contributed by atoms with E-state index in [-0.39, 0.29) is 30.7 Å². The van der Waals surface area contributed by atoms with Gasteiger partial charge in [0.2, 0.25) is 0 Å². The summed E-state index contributed by atoms with van der Waals surface area (Å²) in [6.45, 7) is 11.7. The van der Waals surface area contributed by atoms with Crippen LogP contribution in [0.25, 0.3) is 0 Å². The van der Waals surface area contributed by atoms with E-state index in [2.05, 4.69) is 32.6 Å². The largest absolute Gasteiger partial charge is 0.466 e. The molecule has 0 saturated heterocycles. The van der Waals surface area contributed by atoms with Crippen molar-refractivity contribution in [3.8, 4) is 0 Å². The van der Waals surface area contributed by atoms with Gasteiger partial charge in [-0.3, -0.25) is 14.5 Å². The highest BCUT2D eigenvalue weighted by Crippen LogP contribution is 2.19. The Morgan fingerprint density at radius 3 is 1.31 bits per heavy atom. The smallest absolute Gasteiger partial charge is 0.306 e. The molecule has 0 aromatic rings. The molecule has 0 radical (unpaired) electrons. The van der Waals surface area contributed by atoms with Gasteiger partial charge >= 0.3 is 11.9 Å². The zero-order chi connectivity index (χ0) is 37.5. The average molecular weight is 724 g/mol. The lowest BCUT2D eigenvalue weighted by Gasteiger charge is -2.27. The first-order valence-electron chi connectivity index (χ1n) is 22.7. The third kappa shape index (κ3) is 35.6. The molecule has 0 heterocycles. The van der Waals surface area contributed by atoms with Crippen LogP contribution in [0.3, 0.4) is 0 Å². The molecule has 0 fully saturated rings. The van der Waals surface area contributed by atoms with E-state index in [0.29, 0.717) is 19.4 Å². The van der Waals surface area contributed by atoms with Crippen molar-refractivity contribution in [2.45, 2.75) is 252 Å². The normalized spacial score (nSPS) is 12.2. The molecular formula is C45H89NO5. The lowest BCUT2D eigenvalue weighted by Crippen LogP contribution is -2.37. The molecule has 1 N–H and O–H groups in total. The Morgan fingerprint density at radius 1 is 0.490 bits per heavy atom. The molecule has 1 unspecified atom stereocenters. The van der Waals surface area contributed by atoms with Crippen molar-refractivity contribution in [1.82, 2.24) is 4.90 Å². The van der Waals surface area contributed by atoms with Gasteiger partial charge in [-0.15, -0.1) is 0 Å². The van der Waals surface area contributed by atoms with Gasteiger partial charge in [0.05, 0.1) is 13.2 Å². The van der Waals surface area contributed by atoms with Gasteiger partial charge in [0.15, 0.2) is 0 Å². The van der Waals surface area contributed by atoms with E-state index < -0.39 is 0 Å². The van der Waals surface area contributed by atoms with E-state index >= 15 is 0 Å². The van der Waals surface area contributed by atoms with Gasteiger partial charge in [-0.05, 0) is 77.8 Å². The van der Waals surface area contributed by atoms with Crippen LogP contribution in [-0.4, -0.2) is 60.4 Å². The molecule has 6 heteroatoms. The van der Waals surface area contributed by atoms with Gasteiger partial charge in [-0.25, -0.2) is 0 Å². The van der Waals surface area contributed by atoms with Crippen LogP contribution in [0.1, 0.15) is 240 Å². The number of esters is 2. The first kappa shape index (κ1) is 49.9. The Morgan fingerprint density at radius 2 is 0.863 bits per heavy atom. The predicted octanol–water partition coefficient (Wildman–Crippen LogP) is 13.1. The molecule has 304 valence electrons. The van der Waals surface area contributed by atoms with E-state index in [1.165, 1.54) is 116 Å². The third-order valence-electron chi connectivity index (χ3n) is 10.6. The fourth-order valence-electron chi connectivity index (χ4n) is 7.03. The summed E-state index contributed by atoms with van der Waals surface area (Å²) in [5, 5.41) is 9.81. The predicted molar refractivity (Wildman–Crippen MR) is 218 cm³/mol. The molecule has 6 nitrogen and oxygen atoms in total. The van der Waals surface area contributed by atoms with Gasteiger partial charge < -0.3 is 14.6 Å². The number of rotatable bonds is 41. The van der Waals surface area contributed by atoms with Crippen molar-refractivity contribution >= 4 is 11.9 Å². The van der Waals surface area contributed by atoms with Crippen LogP contribution in [0, 0.1) is 0 Å². The maximum absolute atomic E-state index is 12.7. The Bertz CT molecular complexity index is 715. The van der Waals surface area contributed by atoms with Crippen molar-refractivity contribution in [1.29, 1.82) is 0 Å². The van der Waals surface area contributed by atoms with Crippen molar-refractivity contribution in [3.63, 3.8) is 0 Å². The van der Waals surface area contributed by atoms with Crippen LogP contribution in [0.15, 0.2) is 0 Å². The second-order valence-corrected chi connectivity index (χ2v) is 15.7. The number of carbonyl (C=O) groups excluding carboxylic acids is 2. The zero-order valence-corrected chi connectivity index (χ0v) is 34.8. The topological polar surface area (TPSA) is 76.1 Å². The van der Waals surface area contributed by atoms with Gasteiger partial charge in [-0.1, -0.05) is 162 Å². The lowest BCUT2D eigenvalue weighted by atomic mass is 10.0. The lowest BCUT2D eigenvalue weighted by molar-refractivity contribution is -0.150. The standard InChI is InChI=1S/C45H89NO5/c1-5-8-11-14-17-26-33-40-50-44(48)36-29-22-18-24-31-38-46(42(4)41-47)39-32-25-19-23-30-37-45(49)51-43(34-27-20-15-12-9-6-2)35-28-21-16-13-10-7-3/h42-43,47H,5-41H2,1-4H3. The average Bonchev–Trinajstić information content (AvgIpc) is 3.13. The molecule has 0 aliphatic carbocycles. The summed E-state index contributed by atoms with van der Waals surface area (Å²) in [6, 6.07) is 0.187. The fourth-order valence-corrected chi connectivity index (χ4v) is 7.03. The van der Waals surface area contributed by atoms with E-state index in [0.717, 1.165) is 96.6 Å². The van der Waals surface area contributed by atoms with Crippen molar-refractivity contribution in [2.24, 2.45) is 0 Å². The monoisotopic (exact) mass is 724 g/mol. The molecule has 0 aliphatic heterocycles. The van der Waals surface area contributed by atoms with E-state index in [1.807, 2.05) is 0 Å². The molecule has 51 heavy (non-hydrogen) atoms. The summed E-state index contributed by atoms with van der Waals surface area (Å²) < 4.78 is 11.4. The molecule has 1 atom stereocenters.